The first-order valence-electron chi connectivity index (χ1n) is 11.9. The number of hydrogen-bond donors (Lipinski definition) is 4. The first-order chi connectivity index (χ1) is 17.0. The molecule has 1 saturated heterocycles. The van der Waals surface area contributed by atoms with Gasteiger partial charge in [-0.1, -0.05) is 30.3 Å². The quantitative estimate of drug-likeness (QED) is 0.461. The number of nitrogens with zero attached hydrogens (tertiary/aromatic N) is 2. The maximum Gasteiger partial charge on any atom is 0.407 e. The largest absolute Gasteiger partial charge is 0.465 e. The molecule has 2 unspecified atom stereocenters. The number of aromatic nitrogens is 1. The molecule has 1 aliphatic carbocycles. The molecule has 3 aliphatic rings. The van der Waals surface area contributed by atoms with Crippen molar-refractivity contribution in [2.45, 2.75) is 31.1 Å². The summed E-state index contributed by atoms with van der Waals surface area (Å²) in [7, 11) is 0. The number of anilines is 1. The summed E-state index contributed by atoms with van der Waals surface area (Å²) < 4.78 is 0. The van der Waals surface area contributed by atoms with Crippen LogP contribution in [-0.2, 0) is 4.79 Å². The van der Waals surface area contributed by atoms with Gasteiger partial charge in [0.2, 0.25) is 5.91 Å². The van der Waals surface area contributed by atoms with E-state index >= 15 is 0 Å². The highest BCUT2D eigenvalue weighted by molar-refractivity contribution is 6.16. The Morgan fingerprint density at radius 1 is 1.11 bits per heavy atom. The Hall–Kier alpha value is -4.14. The van der Waals surface area contributed by atoms with Gasteiger partial charge in [0.25, 0.3) is 5.91 Å². The molecule has 1 aromatic heterocycles. The Labute approximate surface area is 201 Å². The molecule has 0 spiro atoms. The van der Waals surface area contributed by atoms with Gasteiger partial charge in [0.15, 0.2) is 0 Å². The van der Waals surface area contributed by atoms with Crippen molar-refractivity contribution in [3.63, 3.8) is 0 Å². The van der Waals surface area contributed by atoms with E-state index in [4.69, 9.17) is 0 Å². The molecule has 2 fully saturated rings. The Morgan fingerprint density at radius 2 is 1.89 bits per heavy atom. The van der Waals surface area contributed by atoms with Crippen molar-refractivity contribution in [1.82, 2.24) is 15.3 Å². The molecule has 2 atom stereocenters. The molecule has 4 N–H and O–H groups in total. The number of nitrogens with one attached hydrogen (secondary N) is 3. The van der Waals surface area contributed by atoms with Crippen LogP contribution in [0.5, 0.6) is 0 Å². The highest BCUT2D eigenvalue weighted by Crippen LogP contribution is 2.48. The summed E-state index contributed by atoms with van der Waals surface area (Å²) in [5, 5.41) is 17.1. The third-order valence-corrected chi connectivity index (χ3v) is 7.37. The Kier molecular flexibility index (Phi) is 5.05. The highest BCUT2D eigenvalue weighted by atomic mass is 16.4. The number of carbonyl (C=O) groups is 3. The molecule has 178 valence electrons. The number of hydrogen-bond acceptors (Lipinski definition) is 4. The lowest BCUT2D eigenvalue weighted by Gasteiger charge is -2.29. The fraction of sp³-hybridized carbons (Fsp3) is 0.308. The number of rotatable bonds is 4. The van der Waals surface area contributed by atoms with Crippen LogP contribution >= 0.6 is 0 Å². The van der Waals surface area contributed by atoms with E-state index in [1.165, 1.54) is 10.5 Å². The Balaban J connectivity index is 1.29. The molecule has 1 saturated carbocycles. The topological polar surface area (TPSA) is 127 Å². The summed E-state index contributed by atoms with van der Waals surface area (Å²) in [5.41, 5.74) is 7.27. The number of aromatic amines is 1. The molecule has 0 radical (unpaired) electrons. The lowest BCUT2D eigenvalue weighted by molar-refractivity contribution is -0.117. The van der Waals surface area contributed by atoms with Gasteiger partial charge in [-0.2, -0.15) is 5.10 Å². The van der Waals surface area contributed by atoms with Crippen molar-refractivity contribution in [2.75, 3.05) is 18.4 Å². The fourth-order valence-corrected chi connectivity index (χ4v) is 5.45. The first kappa shape index (κ1) is 21.4. The van der Waals surface area contributed by atoms with Gasteiger partial charge < -0.3 is 20.3 Å². The second-order valence-corrected chi connectivity index (χ2v) is 9.49. The number of hydrazone groups is 1. The van der Waals surface area contributed by atoms with Gasteiger partial charge in [-0.15, -0.1) is 0 Å². The molecular formula is C26H25N5O4. The zero-order valence-corrected chi connectivity index (χ0v) is 19.0. The molecule has 9 nitrogen and oxygen atoms in total. The Bertz CT molecular complexity index is 1370. The van der Waals surface area contributed by atoms with E-state index < -0.39 is 6.09 Å². The zero-order valence-electron chi connectivity index (χ0n) is 19.0. The lowest BCUT2D eigenvalue weighted by atomic mass is 9.90. The van der Waals surface area contributed by atoms with Crippen LogP contribution in [0.2, 0.25) is 0 Å². The van der Waals surface area contributed by atoms with Crippen LogP contribution in [0.25, 0.3) is 10.9 Å². The van der Waals surface area contributed by atoms with Crippen LogP contribution in [0.4, 0.5) is 10.5 Å². The average molecular weight is 472 g/mol. The van der Waals surface area contributed by atoms with Crippen LogP contribution in [0.15, 0.2) is 47.6 Å². The lowest BCUT2D eigenvalue weighted by Crippen LogP contribution is -2.37. The molecule has 3 amide bonds. The SMILES string of the molecule is O=C1NN=Cc2c(C3CCN(C(=O)O)CC3)[nH]c3cc(NC(=O)C4CC4c4ccccc4)cc1c23. The molecule has 35 heavy (non-hydrogen) atoms. The number of H-pyrrole nitrogens is 1. The maximum atomic E-state index is 13.0. The number of amides is 3. The summed E-state index contributed by atoms with van der Waals surface area (Å²) in [4.78, 5) is 41.9. The smallest absolute Gasteiger partial charge is 0.407 e. The zero-order chi connectivity index (χ0) is 24.1. The van der Waals surface area contributed by atoms with Gasteiger partial charge in [-0.05, 0) is 42.9 Å². The van der Waals surface area contributed by atoms with E-state index in [9.17, 15) is 19.5 Å². The van der Waals surface area contributed by atoms with E-state index in [-0.39, 0.29) is 29.6 Å². The number of likely N-dealkylation sites (tertiary alicyclic amines) is 1. The van der Waals surface area contributed by atoms with E-state index in [0.29, 0.717) is 37.2 Å². The van der Waals surface area contributed by atoms with Crippen molar-refractivity contribution >= 4 is 40.7 Å². The predicted molar refractivity (Wildman–Crippen MR) is 131 cm³/mol. The number of piperidine rings is 1. The number of carboxylic acid groups (broad SMARTS) is 1. The second kappa shape index (κ2) is 8.26. The maximum absolute atomic E-state index is 13.0. The van der Waals surface area contributed by atoms with Crippen molar-refractivity contribution in [1.29, 1.82) is 0 Å². The summed E-state index contributed by atoms with van der Waals surface area (Å²) in [6, 6.07) is 13.6. The fourth-order valence-electron chi connectivity index (χ4n) is 5.45. The average Bonchev–Trinajstić information content (AvgIpc) is 3.62. The van der Waals surface area contributed by atoms with E-state index in [1.807, 2.05) is 36.4 Å². The van der Waals surface area contributed by atoms with Crippen LogP contribution in [0.3, 0.4) is 0 Å². The van der Waals surface area contributed by atoms with E-state index in [2.05, 4.69) is 20.8 Å². The van der Waals surface area contributed by atoms with Gasteiger partial charge in [0.05, 0.1) is 11.8 Å². The minimum Gasteiger partial charge on any atom is -0.465 e. The first-order valence-corrected chi connectivity index (χ1v) is 11.9. The molecule has 2 aliphatic heterocycles. The van der Waals surface area contributed by atoms with Gasteiger partial charge in [-0.3, -0.25) is 9.59 Å². The minimum absolute atomic E-state index is 0.0521. The highest BCUT2D eigenvalue weighted by Gasteiger charge is 2.44. The normalized spacial score (nSPS) is 21.5. The van der Waals surface area contributed by atoms with Crippen LogP contribution in [-0.4, -0.2) is 52.2 Å². The summed E-state index contributed by atoms with van der Waals surface area (Å²) >= 11 is 0. The monoisotopic (exact) mass is 471 g/mol. The van der Waals surface area contributed by atoms with Crippen LogP contribution < -0.4 is 10.7 Å². The Morgan fingerprint density at radius 3 is 2.63 bits per heavy atom. The van der Waals surface area contributed by atoms with E-state index in [1.54, 1.807) is 12.3 Å². The van der Waals surface area contributed by atoms with Gasteiger partial charge >= 0.3 is 6.09 Å². The molecule has 6 rings (SSSR count). The molecule has 2 aromatic carbocycles. The van der Waals surface area contributed by atoms with Gasteiger partial charge in [0, 0.05) is 52.8 Å². The second-order valence-electron chi connectivity index (χ2n) is 9.49. The molecule has 9 heteroatoms. The third-order valence-electron chi connectivity index (χ3n) is 7.37. The molecule has 3 aromatic rings. The molecular weight excluding hydrogens is 446 g/mol. The van der Waals surface area contributed by atoms with Gasteiger partial charge in [-0.25, -0.2) is 10.2 Å². The van der Waals surface area contributed by atoms with Crippen molar-refractivity contribution in [3.05, 3.63) is 64.8 Å². The van der Waals surface area contributed by atoms with Crippen molar-refractivity contribution in [3.8, 4) is 0 Å². The van der Waals surface area contributed by atoms with Crippen molar-refractivity contribution < 1.29 is 19.5 Å². The molecule has 3 heterocycles. The summed E-state index contributed by atoms with van der Waals surface area (Å²) in [6.45, 7) is 0.919. The summed E-state index contributed by atoms with van der Waals surface area (Å²) in [6.07, 6.45) is 2.93. The number of benzene rings is 2. The van der Waals surface area contributed by atoms with Gasteiger partial charge in [0.1, 0.15) is 0 Å². The van der Waals surface area contributed by atoms with Crippen LogP contribution in [0, 0.1) is 5.92 Å². The minimum atomic E-state index is -0.901. The number of carbonyl (C=O) groups excluding carboxylic acids is 2. The summed E-state index contributed by atoms with van der Waals surface area (Å²) in [5.74, 6) is -0.126. The molecule has 0 bridgehead atoms. The predicted octanol–water partition coefficient (Wildman–Crippen LogP) is 3.84. The van der Waals surface area contributed by atoms with E-state index in [0.717, 1.165) is 28.6 Å². The van der Waals surface area contributed by atoms with Crippen molar-refractivity contribution in [2.24, 2.45) is 11.0 Å². The van der Waals surface area contributed by atoms with Crippen LogP contribution in [0.1, 0.15) is 58.3 Å². The third kappa shape index (κ3) is 3.82. The standard InChI is InChI=1S/C26H25N5O4/c32-24(18-12-17(18)14-4-2-1-3-5-14)28-16-10-19-22-20(13-27-30-25(19)33)23(29-21(22)11-16)15-6-8-31(9-7-15)26(34)35/h1-5,10-11,13,15,17-18,29H,6-9,12H2,(H,28,32)(H,30,33)(H,34,35).